The van der Waals surface area contributed by atoms with Crippen molar-refractivity contribution in [2.24, 2.45) is 5.10 Å². The molecule has 0 saturated carbocycles. The van der Waals surface area contributed by atoms with Gasteiger partial charge in [0.05, 0.1) is 6.21 Å². The number of amides is 1. The molecule has 0 aliphatic heterocycles. The van der Waals surface area contributed by atoms with Crippen molar-refractivity contribution in [2.75, 3.05) is 0 Å². The van der Waals surface area contributed by atoms with Gasteiger partial charge in [0.1, 0.15) is 6.54 Å². The molecule has 0 radical (unpaired) electrons. The summed E-state index contributed by atoms with van der Waals surface area (Å²) in [6, 6.07) is 4.91. The monoisotopic (exact) mass is 328 g/mol. The predicted octanol–water partition coefficient (Wildman–Crippen LogP) is 1.46. The second-order valence-corrected chi connectivity index (χ2v) is 4.40. The van der Waals surface area contributed by atoms with Crippen LogP contribution in [0.4, 0.5) is 13.2 Å². The largest absolute Gasteiger partial charge is 0.504 e. The smallest absolute Gasteiger partial charge is 0.435 e. The Labute approximate surface area is 127 Å². The van der Waals surface area contributed by atoms with E-state index >= 15 is 0 Å². The fourth-order valence-electron chi connectivity index (χ4n) is 1.61. The van der Waals surface area contributed by atoms with Gasteiger partial charge in [0, 0.05) is 11.8 Å². The number of phenolic OH excluding ortho intramolecular Hbond substituents is 2. The van der Waals surface area contributed by atoms with Gasteiger partial charge in [-0.25, -0.2) is 5.43 Å². The van der Waals surface area contributed by atoms with E-state index < -0.39 is 30.1 Å². The zero-order valence-electron chi connectivity index (χ0n) is 11.4. The van der Waals surface area contributed by atoms with E-state index in [4.69, 9.17) is 0 Å². The van der Waals surface area contributed by atoms with Crippen molar-refractivity contribution in [3.63, 3.8) is 0 Å². The quantitative estimate of drug-likeness (QED) is 0.449. The number of benzene rings is 1. The van der Waals surface area contributed by atoms with Gasteiger partial charge in [-0.3, -0.25) is 9.48 Å². The lowest BCUT2D eigenvalue weighted by Crippen LogP contribution is -2.23. The van der Waals surface area contributed by atoms with Crippen LogP contribution in [0.1, 0.15) is 11.3 Å². The molecule has 3 N–H and O–H groups in total. The molecule has 0 fully saturated rings. The van der Waals surface area contributed by atoms with Crippen LogP contribution in [0.2, 0.25) is 0 Å². The molecule has 10 heteroatoms. The highest BCUT2D eigenvalue weighted by atomic mass is 19.4. The third kappa shape index (κ3) is 4.22. The number of rotatable bonds is 4. The summed E-state index contributed by atoms with van der Waals surface area (Å²) in [5.74, 6) is -1.47. The van der Waals surface area contributed by atoms with Crippen LogP contribution in [-0.2, 0) is 17.5 Å². The lowest BCUT2D eigenvalue weighted by atomic mass is 10.2. The fourth-order valence-corrected chi connectivity index (χ4v) is 1.61. The average molecular weight is 328 g/mol. The normalized spacial score (nSPS) is 11.8. The number of carbonyl (C=O) groups excluding carboxylic acids is 1. The number of alkyl halides is 3. The van der Waals surface area contributed by atoms with Crippen LogP contribution in [-0.4, -0.2) is 32.1 Å². The van der Waals surface area contributed by atoms with Crippen molar-refractivity contribution < 1.29 is 28.2 Å². The Hall–Kier alpha value is -3.04. The molecule has 0 unspecified atom stereocenters. The van der Waals surface area contributed by atoms with Gasteiger partial charge in [-0.1, -0.05) is 6.07 Å². The van der Waals surface area contributed by atoms with Crippen LogP contribution in [0.25, 0.3) is 0 Å². The van der Waals surface area contributed by atoms with E-state index in [1.54, 1.807) is 0 Å². The summed E-state index contributed by atoms with van der Waals surface area (Å²) >= 11 is 0. The summed E-state index contributed by atoms with van der Waals surface area (Å²) in [7, 11) is 0. The summed E-state index contributed by atoms with van der Waals surface area (Å²) in [6.07, 6.45) is -2.48. The van der Waals surface area contributed by atoms with Gasteiger partial charge in [-0.05, 0) is 18.2 Å². The molecule has 0 spiro atoms. The summed E-state index contributed by atoms with van der Waals surface area (Å²) in [5.41, 5.74) is 1.13. The summed E-state index contributed by atoms with van der Waals surface area (Å²) in [6.45, 7) is -0.459. The average Bonchev–Trinajstić information content (AvgIpc) is 2.92. The molecular formula is C13H11F3N4O3. The van der Waals surface area contributed by atoms with Crippen LogP contribution in [0.3, 0.4) is 0 Å². The number of carbonyl (C=O) groups is 1. The number of hydrogen-bond donors (Lipinski definition) is 3. The first-order chi connectivity index (χ1) is 10.8. The summed E-state index contributed by atoms with van der Waals surface area (Å²) in [5, 5.41) is 25.5. The third-order valence-electron chi connectivity index (χ3n) is 2.68. The maximum atomic E-state index is 12.4. The maximum absolute atomic E-state index is 12.4. The van der Waals surface area contributed by atoms with Crippen molar-refractivity contribution in [3.05, 3.63) is 41.7 Å². The molecule has 1 aromatic carbocycles. The van der Waals surface area contributed by atoms with Gasteiger partial charge in [0.25, 0.3) is 5.91 Å². The Morgan fingerprint density at radius 3 is 2.74 bits per heavy atom. The van der Waals surface area contributed by atoms with Crippen molar-refractivity contribution in [3.8, 4) is 11.5 Å². The van der Waals surface area contributed by atoms with Crippen LogP contribution in [0, 0.1) is 0 Å². The first kappa shape index (κ1) is 16.3. The van der Waals surface area contributed by atoms with E-state index in [0.717, 1.165) is 23.2 Å². The van der Waals surface area contributed by atoms with Gasteiger partial charge < -0.3 is 10.2 Å². The van der Waals surface area contributed by atoms with E-state index in [9.17, 15) is 28.2 Å². The third-order valence-corrected chi connectivity index (χ3v) is 2.68. The standard InChI is InChI=1S/C13H11F3N4O3/c14-13(15,16)10-4-5-20(19-10)7-11(22)18-17-6-8-2-1-3-9(21)12(8)23/h1-6,21,23H,7H2,(H,18,22). The van der Waals surface area contributed by atoms with Gasteiger partial charge in [-0.2, -0.15) is 23.4 Å². The molecule has 0 aliphatic carbocycles. The number of hydrazone groups is 1. The van der Waals surface area contributed by atoms with Crippen molar-refractivity contribution >= 4 is 12.1 Å². The molecule has 7 nitrogen and oxygen atoms in total. The highest BCUT2D eigenvalue weighted by molar-refractivity contribution is 5.86. The SMILES string of the molecule is O=C(Cn1ccc(C(F)(F)F)n1)NN=Cc1cccc(O)c1O. The lowest BCUT2D eigenvalue weighted by molar-refractivity contribution is -0.141. The molecule has 0 saturated heterocycles. The van der Waals surface area contributed by atoms with E-state index in [1.165, 1.54) is 18.2 Å². The Morgan fingerprint density at radius 2 is 2.09 bits per heavy atom. The Balaban J connectivity index is 1.94. The minimum Gasteiger partial charge on any atom is -0.504 e. The van der Waals surface area contributed by atoms with Crippen LogP contribution >= 0.6 is 0 Å². The number of phenols is 2. The van der Waals surface area contributed by atoms with Crippen molar-refractivity contribution in [1.82, 2.24) is 15.2 Å². The molecule has 0 atom stereocenters. The van der Waals surface area contributed by atoms with Gasteiger partial charge in [0.15, 0.2) is 17.2 Å². The second kappa shape index (κ2) is 6.38. The number of hydrogen-bond acceptors (Lipinski definition) is 5. The zero-order chi connectivity index (χ0) is 17.0. The first-order valence-corrected chi connectivity index (χ1v) is 6.21. The van der Waals surface area contributed by atoms with E-state index in [0.29, 0.717) is 0 Å². The number of para-hydroxylation sites is 1. The maximum Gasteiger partial charge on any atom is 0.435 e. The van der Waals surface area contributed by atoms with Gasteiger partial charge in [-0.15, -0.1) is 0 Å². The highest BCUT2D eigenvalue weighted by Gasteiger charge is 2.33. The second-order valence-electron chi connectivity index (χ2n) is 4.40. The number of aromatic hydroxyl groups is 2. The number of nitrogens with one attached hydrogen (secondary N) is 1. The Kier molecular flexibility index (Phi) is 4.53. The van der Waals surface area contributed by atoms with E-state index in [1.807, 2.05) is 0 Å². The minimum atomic E-state index is -4.58. The summed E-state index contributed by atoms with van der Waals surface area (Å²) in [4.78, 5) is 11.5. The molecular weight excluding hydrogens is 317 g/mol. The summed E-state index contributed by atoms with van der Waals surface area (Å²) < 4.78 is 37.9. The zero-order valence-corrected chi connectivity index (χ0v) is 11.4. The minimum absolute atomic E-state index is 0.156. The van der Waals surface area contributed by atoms with Crippen molar-refractivity contribution in [1.29, 1.82) is 0 Å². The molecule has 2 aromatic rings. The fraction of sp³-hybridized carbons (Fsp3) is 0.154. The van der Waals surface area contributed by atoms with E-state index in [2.05, 4.69) is 15.6 Å². The molecule has 1 aromatic heterocycles. The molecule has 1 amide bonds. The molecule has 0 aliphatic rings. The van der Waals surface area contributed by atoms with Gasteiger partial charge in [0.2, 0.25) is 0 Å². The van der Waals surface area contributed by atoms with Crippen LogP contribution in [0.5, 0.6) is 11.5 Å². The topological polar surface area (TPSA) is 99.7 Å². The Bertz CT molecular complexity index is 740. The van der Waals surface area contributed by atoms with E-state index in [-0.39, 0.29) is 11.3 Å². The van der Waals surface area contributed by atoms with Crippen LogP contribution in [0.15, 0.2) is 35.6 Å². The molecule has 122 valence electrons. The highest BCUT2D eigenvalue weighted by Crippen LogP contribution is 2.27. The number of aromatic nitrogens is 2. The predicted molar refractivity (Wildman–Crippen MR) is 72.7 cm³/mol. The molecule has 23 heavy (non-hydrogen) atoms. The first-order valence-electron chi connectivity index (χ1n) is 6.21. The molecule has 1 heterocycles. The van der Waals surface area contributed by atoms with Crippen LogP contribution < -0.4 is 5.43 Å². The molecule has 2 rings (SSSR count). The molecule has 0 bridgehead atoms. The van der Waals surface area contributed by atoms with Gasteiger partial charge >= 0.3 is 6.18 Å². The number of nitrogens with zero attached hydrogens (tertiary/aromatic N) is 3. The van der Waals surface area contributed by atoms with Crippen molar-refractivity contribution in [2.45, 2.75) is 12.7 Å². The Morgan fingerprint density at radius 1 is 1.35 bits per heavy atom. The number of halogens is 3. The lowest BCUT2D eigenvalue weighted by Gasteiger charge is -2.03.